The van der Waals surface area contributed by atoms with Crippen molar-refractivity contribution in [2.45, 2.75) is 19.9 Å². The molecule has 0 aliphatic carbocycles. The molecule has 5 nitrogen and oxygen atoms in total. The monoisotopic (exact) mass is 208 g/mol. The van der Waals surface area contributed by atoms with Crippen molar-refractivity contribution in [2.75, 3.05) is 18.5 Å². The zero-order chi connectivity index (χ0) is 11.3. The number of carbonyl (C=O) groups excluding carboxylic acids is 1. The quantitative estimate of drug-likeness (QED) is 0.780. The Balaban J connectivity index is 2.49. The molecule has 0 unspecified atom stereocenters. The SMILES string of the molecule is CC(C)NC(=O)CN(C)c1cnccn1. The van der Waals surface area contributed by atoms with Crippen LogP contribution in [0.4, 0.5) is 5.82 Å². The third-order valence-electron chi connectivity index (χ3n) is 1.77. The molecule has 0 aliphatic heterocycles. The molecule has 0 radical (unpaired) electrons. The van der Waals surface area contributed by atoms with Gasteiger partial charge in [-0.25, -0.2) is 4.98 Å². The van der Waals surface area contributed by atoms with Gasteiger partial charge in [0.1, 0.15) is 5.82 Å². The van der Waals surface area contributed by atoms with E-state index in [9.17, 15) is 4.79 Å². The molecule has 1 N–H and O–H groups in total. The number of carbonyl (C=O) groups is 1. The number of likely N-dealkylation sites (N-methyl/N-ethyl adjacent to an activating group) is 1. The van der Waals surface area contributed by atoms with Gasteiger partial charge in [-0.1, -0.05) is 0 Å². The Kier molecular flexibility index (Phi) is 4.03. The molecular weight excluding hydrogens is 192 g/mol. The third-order valence-corrected chi connectivity index (χ3v) is 1.77. The fraction of sp³-hybridized carbons (Fsp3) is 0.500. The van der Waals surface area contributed by atoms with Crippen LogP contribution in [0.25, 0.3) is 0 Å². The number of hydrogen-bond donors (Lipinski definition) is 1. The van der Waals surface area contributed by atoms with Gasteiger partial charge in [-0.15, -0.1) is 0 Å². The summed E-state index contributed by atoms with van der Waals surface area (Å²) >= 11 is 0. The van der Waals surface area contributed by atoms with Gasteiger partial charge < -0.3 is 10.2 Å². The molecule has 82 valence electrons. The van der Waals surface area contributed by atoms with Crippen LogP contribution in [0.2, 0.25) is 0 Å². The van der Waals surface area contributed by atoms with Gasteiger partial charge in [-0.3, -0.25) is 9.78 Å². The Morgan fingerprint density at radius 1 is 1.53 bits per heavy atom. The van der Waals surface area contributed by atoms with E-state index in [1.807, 2.05) is 20.9 Å². The lowest BCUT2D eigenvalue weighted by atomic mass is 10.4. The molecule has 0 spiro atoms. The summed E-state index contributed by atoms with van der Waals surface area (Å²) in [6.07, 6.45) is 4.83. The highest BCUT2D eigenvalue weighted by Gasteiger charge is 2.08. The predicted molar refractivity (Wildman–Crippen MR) is 58.6 cm³/mol. The molecule has 0 bridgehead atoms. The van der Waals surface area contributed by atoms with E-state index in [1.54, 1.807) is 23.5 Å². The van der Waals surface area contributed by atoms with Crippen molar-refractivity contribution < 1.29 is 4.79 Å². The summed E-state index contributed by atoms with van der Waals surface area (Å²) in [4.78, 5) is 21.2. The second-order valence-corrected chi connectivity index (χ2v) is 3.64. The van der Waals surface area contributed by atoms with E-state index < -0.39 is 0 Å². The molecule has 0 aromatic carbocycles. The Morgan fingerprint density at radius 2 is 2.27 bits per heavy atom. The van der Waals surface area contributed by atoms with Gasteiger partial charge in [0.05, 0.1) is 12.7 Å². The number of rotatable bonds is 4. The van der Waals surface area contributed by atoms with Crippen molar-refractivity contribution in [3.05, 3.63) is 18.6 Å². The van der Waals surface area contributed by atoms with Crippen LogP contribution in [-0.4, -0.2) is 35.5 Å². The minimum absolute atomic E-state index is 0.0156. The van der Waals surface area contributed by atoms with Crippen LogP contribution in [0.3, 0.4) is 0 Å². The summed E-state index contributed by atoms with van der Waals surface area (Å²) in [5, 5.41) is 2.81. The molecule has 1 aromatic heterocycles. The first-order valence-electron chi connectivity index (χ1n) is 4.86. The molecule has 1 heterocycles. The standard InChI is InChI=1S/C10H16N4O/c1-8(2)13-10(15)7-14(3)9-6-11-4-5-12-9/h4-6,8H,7H2,1-3H3,(H,13,15). The maximum atomic E-state index is 11.4. The van der Waals surface area contributed by atoms with Crippen molar-refractivity contribution in [1.82, 2.24) is 15.3 Å². The first kappa shape index (κ1) is 11.4. The average molecular weight is 208 g/mol. The summed E-state index contributed by atoms with van der Waals surface area (Å²) in [5.41, 5.74) is 0. The van der Waals surface area contributed by atoms with Gasteiger partial charge in [0.15, 0.2) is 0 Å². The fourth-order valence-electron chi connectivity index (χ4n) is 1.15. The Bertz CT molecular complexity index is 312. The highest BCUT2D eigenvalue weighted by Crippen LogP contribution is 2.03. The minimum atomic E-state index is -0.0156. The van der Waals surface area contributed by atoms with Gasteiger partial charge in [0, 0.05) is 25.5 Å². The summed E-state index contributed by atoms with van der Waals surface area (Å²) in [6.45, 7) is 4.15. The summed E-state index contributed by atoms with van der Waals surface area (Å²) in [7, 11) is 1.81. The lowest BCUT2D eigenvalue weighted by Gasteiger charge is -2.17. The number of aromatic nitrogens is 2. The molecule has 1 aromatic rings. The zero-order valence-electron chi connectivity index (χ0n) is 9.27. The molecule has 0 saturated heterocycles. The van der Waals surface area contributed by atoms with Gasteiger partial charge in [0.25, 0.3) is 0 Å². The molecule has 15 heavy (non-hydrogen) atoms. The Hall–Kier alpha value is -1.65. The maximum Gasteiger partial charge on any atom is 0.239 e. The van der Waals surface area contributed by atoms with Crippen molar-refractivity contribution in [3.8, 4) is 0 Å². The molecule has 0 fully saturated rings. The normalized spacial score (nSPS) is 10.1. The molecule has 0 saturated carbocycles. The third kappa shape index (κ3) is 3.93. The smallest absolute Gasteiger partial charge is 0.239 e. The fourth-order valence-corrected chi connectivity index (χ4v) is 1.15. The summed E-state index contributed by atoms with van der Waals surface area (Å²) < 4.78 is 0. The van der Waals surface area contributed by atoms with Crippen LogP contribution in [0.1, 0.15) is 13.8 Å². The molecule has 0 aliphatic rings. The van der Waals surface area contributed by atoms with Crippen molar-refractivity contribution in [2.24, 2.45) is 0 Å². The largest absolute Gasteiger partial charge is 0.352 e. The van der Waals surface area contributed by atoms with Gasteiger partial charge in [-0.2, -0.15) is 0 Å². The van der Waals surface area contributed by atoms with E-state index >= 15 is 0 Å². The number of nitrogens with one attached hydrogen (secondary N) is 1. The van der Waals surface area contributed by atoms with Gasteiger partial charge in [-0.05, 0) is 13.8 Å². The maximum absolute atomic E-state index is 11.4. The predicted octanol–water partition coefficient (Wildman–Crippen LogP) is 0.437. The van der Waals surface area contributed by atoms with E-state index in [1.165, 1.54) is 0 Å². The zero-order valence-corrected chi connectivity index (χ0v) is 9.27. The second kappa shape index (κ2) is 5.29. The van der Waals surface area contributed by atoms with Crippen molar-refractivity contribution in [3.63, 3.8) is 0 Å². The number of hydrogen-bond acceptors (Lipinski definition) is 4. The first-order chi connectivity index (χ1) is 7.09. The van der Waals surface area contributed by atoms with Crippen LogP contribution in [-0.2, 0) is 4.79 Å². The first-order valence-corrected chi connectivity index (χ1v) is 4.86. The minimum Gasteiger partial charge on any atom is -0.352 e. The summed E-state index contributed by atoms with van der Waals surface area (Å²) in [6, 6.07) is 0.160. The van der Waals surface area contributed by atoms with Crippen molar-refractivity contribution in [1.29, 1.82) is 0 Å². The number of anilines is 1. The van der Waals surface area contributed by atoms with E-state index in [0.29, 0.717) is 5.82 Å². The van der Waals surface area contributed by atoms with E-state index in [-0.39, 0.29) is 18.5 Å². The van der Waals surface area contributed by atoms with E-state index in [0.717, 1.165) is 0 Å². The van der Waals surface area contributed by atoms with Crippen LogP contribution >= 0.6 is 0 Å². The Morgan fingerprint density at radius 3 is 2.80 bits per heavy atom. The van der Waals surface area contributed by atoms with Crippen LogP contribution < -0.4 is 10.2 Å². The van der Waals surface area contributed by atoms with Crippen LogP contribution in [0.15, 0.2) is 18.6 Å². The lowest BCUT2D eigenvalue weighted by molar-refractivity contribution is -0.120. The van der Waals surface area contributed by atoms with Crippen molar-refractivity contribution >= 4 is 11.7 Å². The molecular formula is C10H16N4O. The van der Waals surface area contributed by atoms with Gasteiger partial charge in [0.2, 0.25) is 5.91 Å². The highest BCUT2D eigenvalue weighted by atomic mass is 16.2. The molecule has 0 atom stereocenters. The Labute approximate surface area is 89.5 Å². The number of amides is 1. The molecule has 5 heteroatoms. The topological polar surface area (TPSA) is 58.1 Å². The van der Waals surface area contributed by atoms with E-state index in [2.05, 4.69) is 15.3 Å². The molecule has 1 rings (SSSR count). The second-order valence-electron chi connectivity index (χ2n) is 3.64. The number of nitrogens with zero attached hydrogens (tertiary/aromatic N) is 3. The van der Waals surface area contributed by atoms with Crippen LogP contribution in [0.5, 0.6) is 0 Å². The van der Waals surface area contributed by atoms with E-state index in [4.69, 9.17) is 0 Å². The van der Waals surface area contributed by atoms with Crippen LogP contribution in [0, 0.1) is 0 Å². The lowest BCUT2D eigenvalue weighted by Crippen LogP contribution is -2.38. The highest BCUT2D eigenvalue weighted by molar-refractivity contribution is 5.80. The average Bonchev–Trinajstić information content (AvgIpc) is 2.17. The van der Waals surface area contributed by atoms with Gasteiger partial charge >= 0.3 is 0 Å². The summed E-state index contributed by atoms with van der Waals surface area (Å²) in [5.74, 6) is 0.676. The molecule has 1 amide bonds.